The average molecular weight is 356 g/mol. The molecule has 0 atom stereocenters. The molecule has 2 N–H and O–H groups in total. The summed E-state index contributed by atoms with van der Waals surface area (Å²) in [5.74, 6) is 0.188. The smallest absolute Gasteiger partial charge is 0.313 e. The van der Waals surface area contributed by atoms with Crippen LogP contribution in [-0.2, 0) is 9.59 Å². The van der Waals surface area contributed by atoms with Crippen LogP contribution in [0.15, 0.2) is 48.5 Å². The van der Waals surface area contributed by atoms with Gasteiger partial charge in [0.15, 0.2) is 11.5 Å². The number of hydrogen-bond acceptors (Lipinski definition) is 4. The first-order valence-corrected chi connectivity index (χ1v) is 8.46. The van der Waals surface area contributed by atoms with Crippen LogP contribution in [0.5, 0.6) is 11.5 Å². The zero-order valence-electron chi connectivity index (χ0n) is 15.2. The highest BCUT2D eigenvalue weighted by atomic mass is 16.5. The van der Waals surface area contributed by atoms with E-state index >= 15 is 0 Å². The molecule has 0 heterocycles. The molecule has 6 heteroatoms. The summed E-state index contributed by atoms with van der Waals surface area (Å²) in [7, 11) is 1.56. The van der Waals surface area contributed by atoms with E-state index in [0.29, 0.717) is 23.1 Å². The molecule has 0 spiro atoms. The summed E-state index contributed by atoms with van der Waals surface area (Å²) in [5, 5.41) is 5.10. The van der Waals surface area contributed by atoms with Crippen LogP contribution in [0.25, 0.3) is 0 Å². The van der Waals surface area contributed by atoms with Crippen LogP contribution in [0, 0.1) is 0 Å². The maximum atomic E-state index is 11.9. The Kier molecular flexibility index (Phi) is 7.02. The van der Waals surface area contributed by atoms with Crippen molar-refractivity contribution in [2.45, 2.75) is 19.8 Å². The quantitative estimate of drug-likeness (QED) is 0.591. The molecule has 2 amide bonds. The molecule has 2 aromatic carbocycles. The van der Waals surface area contributed by atoms with E-state index in [1.165, 1.54) is 5.56 Å². The predicted octanol–water partition coefficient (Wildman–Crippen LogP) is 2.95. The lowest BCUT2D eigenvalue weighted by Crippen LogP contribution is -2.37. The van der Waals surface area contributed by atoms with Gasteiger partial charge in [-0.2, -0.15) is 0 Å². The van der Waals surface area contributed by atoms with Crippen molar-refractivity contribution in [2.24, 2.45) is 0 Å². The molecule has 6 nitrogen and oxygen atoms in total. The van der Waals surface area contributed by atoms with Gasteiger partial charge in [0.2, 0.25) is 0 Å². The van der Waals surface area contributed by atoms with Crippen LogP contribution in [0.2, 0.25) is 0 Å². The number of rotatable bonds is 7. The predicted molar refractivity (Wildman–Crippen MR) is 101 cm³/mol. The molecule has 0 aliphatic carbocycles. The van der Waals surface area contributed by atoms with Crippen molar-refractivity contribution < 1.29 is 19.1 Å². The Labute approximate surface area is 153 Å². The van der Waals surface area contributed by atoms with E-state index in [1.807, 2.05) is 24.3 Å². The normalized spacial score (nSPS) is 10.3. The van der Waals surface area contributed by atoms with Crippen molar-refractivity contribution in [1.29, 1.82) is 0 Å². The Hall–Kier alpha value is -3.02. The Morgan fingerprint density at radius 3 is 2.23 bits per heavy atom. The minimum atomic E-state index is -0.709. The van der Waals surface area contributed by atoms with Crippen LogP contribution >= 0.6 is 0 Å². The molecule has 0 radical (unpaired) electrons. The highest BCUT2D eigenvalue weighted by Gasteiger charge is 2.13. The number of hydrogen-bond donors (Lipinski definition) is 2. The molecule has 0 aliphatic rings. The average Bonchev–Trinajstić information content (AvgIpc) is 2.65. The topological polar surface area (TPSA) is 76.7 Å². The van der Waals surface area contributed by atoms with Gasteiger partial charge in [-0.3, -0.25) is 9.59 Å². The van der Waals surface area contributed by atoms with Crippen molar-refractivity contribution >= 4 is 17.5 Å². The maximum absolute atomic E-state index is 11.9. The molecule has 0 bridgehead atoms. The summed E-state index contributed by atoms with van der Waals surface area (Å²) in [6.45, 7) is 4.61. The second kappa shape index (κ2) is 9.46. The fourth-order valence-corrected chi connectivity index (χ4v) is 2.28. The highest BCUT2D eigenvalue weighted by Crippen LogP contribution is 2.25. The first-order chi connectivity index (χ1) is 12.5. The molecular formula is C20H24N2O4. The Balaban J connectivity index is 1.76. The van der Waals surface area contributed by atoms with Crippen molar-refractivity contribution in [3.05, 3.63) is 54.1 Å². The van der Waals surface area contributed by atoms with Crippen molar-refractivity contribution in [2.75, 3.05) is 25.6 Å². The molecule has 138 valence electrons. The maximum Gasteiger partial charge on any atom is 0.313 e. The van der Waals surface area contributed by atoms with Gasteiger partial charge in [0.1, 0.15) is 6.61 Å². The fraction of sp³-hybridized carbons (Fsp3) is 0.300. The molecule has 2 rings (SSSR count). The van der Waals surface area contributed by atoms with Gasteiger partial charge in [-0.05, 0) is 35.7 Å². The fourth-order valence-electron chi connectivity index (χ4n) is 2.28. The van der Waals surface area contributed by atoms with Crippen molar-refractivity contribution in [3.63, 3.8) is 0 Å². The number of carbonyl (C=O) groups is 2. The molecule has 26 heavy (non-hydrogen) atoms. The number of para-hydroxylation sites is 2. The molecule has 0 aliphatic heterocycles. The van der Waals surface area contributed by atoms with Gasteiger partial charge in [0.25, 0.3) is 0 Å². The standard InChI is InChI=1S/C20H24N2O4/c1-14(2)15-8-10-16(11-9-15)22-20(24)19(23)21-12-13-26-18-7-5-4-6-17(18)25-3/h4-11,14H,12-13H2,1-3H3,(H,21,23)(H,22,24). The largest absolute Gasteiger partial charge is 0.493 e. The molecule has 0 saturated heterocycles. The number of anilines is 1. The summed E-state index contributed by atoms with van der Waals surface area (Å²) in [6.07, 6.45) is 0. The third-order valence-electron chi connectivity index (χ3n) is 3.76. The first kappa shape index (κ1) is 19.3. The van der Waals surface area contributed by atoms with Gasteiger partial charge >= 0.3 is 11.8 Å². The van der Waals surface area contributed by atoms with E-state index in [-0.39, 0.29) is 13.2 Å². The monoisotopic (exact) mass is 356 g/mol. The van der Waals surface area contributed by atoms with Crippen molar-refractivity contribution in [1.82, 2.24) is 5.32 Å². The van der Waals surface area contributed by atoms with Gasteiger partial charge in [-0.15, -0.1) is 0 Å². The number of benzene rings is 2. The van der Waals surface area contributed by atoms with E-state index in [9.17, 15) is 9.59 Å². The van der Waals surface area contributed by atoms with Gasteiger partial charge in [-0.25, -0.2) is 0 Å². The van der Waals surface area contributed by atoms with Gasteiger partial charge in [-0.1, -0.05) is 38.1 Å². The van der Waals surface area contributed by atoms with Gasteiger partial charge < -0.3 is 20.1 Å². The van der Waals surface area contributed by atoms with Crippen LogP contribution in [-0.4, -0.2) is 32.1 Å². The number of nitrogens with one attached hydrogen (secondary N) is 2. The summed E-state index contributed by atoms with van der Waals surface area (Å²) < 4.78 is 10.7. The number of ether oxygens (including phenoxy) is 2. The van der Waals surface area contributed by atoms with E-state index in [1.54, 1.807) is 31.4 Å². The third kappa shape index (κ3) is 5.51. The summed E-state index contributed by atoms with van der Waals surface area (Å²) >= 11 is 0. The lowest BCUT2D eigenvalue weighted by Gasteiger charge is -2.11. The molecule has 0 fully saturated rings. The Morgan fingerprint density at radius 1 is 0.962 bits per heavy atom. The van der Waals surface area contributed by atoms with Crippen LogP contribution in [0.1, 0.15) is 25.3 Å². The summed E-state index contributed by atoms with van der Waals surface area (Å²) in [4.78, 5) is 23.8. The van der Waals surface area contributed by atoms with Crippen LogP contribution in [0.4, 0.5) is 5.69 Å². The second-order valence-corrected chi connectivity index (χ2v) is 5.99. The number of carbonyl (C=O) groups excluding carboxylic acids is 2. The summed E-state index contributed by atoms with van der Waals surface area (Å²) in [6, 6.07) is 14.6. The summed E-state index contributed by atoms with van der Waals surface area (Å²) in [5.41, 5.74) is 1.75. The zero-order chi connectivity index (χ0) is 18.9. The first-order valence-electron chi connectivity index (χ1n) is 8.46. The third-order valence-corrected chi connectivity index (χ3v) is 3.76. The van der Waals surface area contributed by atoms with E-state index in [4.69, 9.17) is 9.47 Å². The van der Waals surface area contributed by atoms with E-state index in [2.05, 4.69) is 24.5 Å². The second-order valence-electron chi connectivity index (χ2n) is 5.99. The van der Waals surface area contributed by atoms with Gasteiger partial charge in [0, 0.05) is 5.69 Å². The Bertz CT molecular complexity index is 742. The minimum absolute atomic E-state index is 0.205. The van der Waals surface area contributed by atoms with Crippen LogP contribution < -0.4 is 20.1 Å². The van der Waals surface area contributed by atoms with E-state index < -0.39 is 11.8 Å². The van der Waals surface area contributed by atoms with Crippen LogP contribution in [0.3, 0.4) is 0 Å². The Morgan fingerprint density at radius 2 is 1.62 bits per heavy atom. The zero-order valence-corrected chi connectivity index (χ0v) is 15.2. The lowest BCUT2D eigenvalue weighted by molar-refractivity contribution is -0.136. The number of amides is 2. The highest BCUT2D eigenvalue weighted by molar-refractivity contribution is 6.39. The van der Waals surface area contributed by atoms with Crippen molar-refractivity contribution in [3.8, 4) is 11.5 Å². The molecule has 0 saturated carbocycles. The van der Waals surface area contributed by atoms with Gasteiger partial charge in [0.05, 0.1) is 13.7 Å². The lowest BCUT2D eigenvalue weighted by atomic mass is 10.0. The molecule has 0 aromatic heterocycles. The molecule has 2 aromatic rings. The number of methoxy groups -OCH3 is 1. The molecule has 0 unspecified atom stereocenters. The van der Waals surface area contributed by atoms with E-state index in [0.717, 1.165) is 0 Å². The SMILES string of the molecule is COc1ccccc1OCCNC(=O)C(=O)Nc1ccc(C(C)C)cc1. The minimum Gasteiger partial charge on any atom is -0.493 e. The molecular weight excluding hydrogens is 332 g/mol.